The van der Waals surface area contributed by atoms with Crippen LogP contribution in [0, 0.1) is 0 Å². The van der Waals surface area contributed by atoms with Crippen LogP contribution in [0.5, 0.6) is 0 Å². The molecule has 0 aromatic heterocycles. The number of benzene rings is 1. The van der Waals surface area contributed by atoms with Gasteiger partial charge in [-0.3, -0.25) is 0 Å². The van der Waals surface area contributed by atoms with Gasteiger partial charge in [0, 0.05) is 19.8 Å². The van der Waals surface area contributed by atoms with Gasteiger partial charge in [-0.2, -0.15) is 0 Å². The molecular weight excluding hydrogens is 412 g/mol. The van der Waals surface area contributed by atoms with Crippen LogP contribution >= 0.6 is 0 Å². The Kier molecular flexibility index (Phi) is 9.37. The van der Waals surface area contributed by atoms with Gasteiger partial charge < -0.3 is 28.4 Å². The Balaban J connectivity index is 1.30. The maximum atomic E-state index is 5.86. The second-order valence-corrected chi connectivity index (χ2v) is 13.7. The van der Waals surface area contributed by atoms with Crippen LogP contribution in [0.25, 0.3) is 0 Å². The van der Waals surface area contributed by atoms with Crippen LogP contribution in [0.3, 0.4) is 0 Å². The lowest BCUT2D eigenvalue weighted by atomic mass is 10.4. The Morgan fingerprint density at radius 2 is 1.03 bits per heavy atom. The van der Waals surface area contributed by atoms with Gasteiger partial charge >= 0.3 is 0 Å². The molecule has 3 aliphatic heterocycles. The van der Waals surface area contributed by atoms with Crippen molar-refractivity contribution in [3.63, 3.8) is 0 Å². The summed E-state index contributed by atoms with van der Waals surface area (Å²) >= 11 is 0. The van der Waals surface area contributed by atoms with E-state index in [0.29, 0.717) is 18.3 Å². The molecule has 0 radical (unpaired) electrons. The first-order valence-corrected chi connectivity index (χ1v) is 14.6. The zero-order chi connectivity index (χ0) is 21.2. The minimum absolute atomic E-state index is 0.344. The van der Waals surface area contributed by atoms with Crippen molar-refractivity contribution in [1.82, 2.24) is 0 Å². The fraction of sp³-hybridized carbons (Fsp3) is 0.750. The fourth-order valence-corrected chi connectivity index (χ4v) is 9.25. The van der Waals surface area contributed by atoms with Crippen molar-refractivity contribution >= 4 is 13.3 Å². The lowest BCUT2D eigenvalue weighted by Gasteiger charge is -2.33. The van der Waals surface area contributed by atoms with Crippen LogP contribution in [0.4, 0.5) is 0 Å². The molecule has 4 rings (SSSR count). The van der Waals surface area contributed by atoms with Crippen LogP contribution < -0.4 is 5.19 Å². The minimum atomic E-state index is -1.69. The quantitative estimate of drug-likeness (QED) is 0.183. The molecule has 3 aliphatic rings. The predicted molar refractivity (Wildman–Crippen MR) is 122 cm³/mol. The summed E-state index contributed by atoms with van der Waals surface area (Å²) < 4.78 is 33.4. The smallest absolute Gasteiger partial charge is 0.104 e. The Bertz CT molecular complexity index is 563. The number of hydrogen-bond donors (Lipinski definition) is 0. The van der Waals surface area contributed by atoms with E-state index in [2.05, 4.69) is 30.3 Å². The van der Waals surface area contributed by atoms with E-state index in [4.69, 9.17) is 28.4 Å². The van der Waals surface area contributed by atoms with Crippen LogP contribution in [0.15, 0.2) is 30.3 Å². The molecule has 0 bridgehead atoms. The molecule has 3 unspecified atom stereocenters. The average Bonchev–Trinajstić information content (AvgIpc) is 3.62. The van der Waals surface area contributed by atoms with E-state index < -0.39 is 8.07 Å². The van der Waals surface area contributed by atoms with Gasteiger partial charge in [-0.05, 0) is 19.3 Å². The van der Waals surface area contributed by atoms with E-state index in [1.165, 1.54) is 18.1 Å². The monoisotopic (exact) mass is 450 g/mol. The lowest BCUT2D eigenvalue weighted by Crippen LogP contribution is -2.48. The van der Waals surface area contributed by atoms with E-state index in [9.17, 15) is 0 Å². The Morgan fingerprint density at radius 3 is 1.39 bits per heavy atom. The highest BCUT2D eigenvalue weighted by molar-refractivity contribution is 6.91. The molecule has 3 saturated heterocycles. The summed E-state index contributed by atoms with van der Waals surface area (Å²) in [4.78, 5) is 0. The second-order valence-electron chi connectivity index (χ2n) is 9.05. The first-order chi connectivity index (χ1) is 15.3. The van der Waals surface area contributed by atoms with Gasteiger partial charge in [-0.1, -0.05) is 53.7 Å². The van der Waals surface area contributed by atoms with Gasteiger partial charge in [0.1, 0.15) is 18.3 Å². The summed E-state index contributed by atoms with van der Waals surface area (Å²) in [5.41, 5.74) is 0. The molecule has 0 spiro atoms. The first kappa shape index (κ1) is 23.4. The van der Waals surface area contributed by atoms with Gasteiger partial charge in [-0.25, -0.2) is 0 Å². The van der Waals surface area contributed by atoms with Crippen molar-refractivity contribution in [2.45, 2.75) is 55.7 Å². The molecule has 6 nitrogen and oxygen atoms in total. The maximum absolute atomic E-state index is 5.86. The zero-order valence-corrected chi connectivity index (χ0v) is 19.7. The summed E-state index contributed by atoms with van der Waals surface area (Å²) in [7, 11) is -1.69. The molecule has 0 saturated carbocycles. The number of hydrogen-bond acceptors (Lipinski definition) is 6. The molecule has 174 valence electrons. The molecule has 1 aromatic carbocycles. The summed E-state index contributed by atoms with van der Waals surface area (Å²) in [5, 5.41) is 1.57. The largest absolute Gasteiger partial charge is 0.379 e. The van der Waals surface area contributed by atoms with Crippen molar-refractivity contribution in [3.05, 3.63) is 30.3 Å². The van der Waals surface area contributed by atoms with Crippen LogP contribution in [-0.4, -0.2) is 85.8 Å². The standard InChI is InChI=1S/C24H38O6Si/c1-2-7-24(8-3-1)31(12-4-9-25-15-21-18-28-21,13-5-10-26-16-22-19-29-22)14-6-11-27-17-23-20-30-23/h1-3,7-8,21-23H,4-6,9-20H2. The van der Waals surface area contributed by atoms with E-state index >= 15 is 0 Å². The molecule has 1 aromatic rings. The lowest BCUT2D eigenvalue weighted by molar-refractivity contribution is 0.114. The predicted octanol–water partition coefficient (Wildman–Crippen LogP) is 2.76. The van der Waals surface area contributed by atoms with Crippen molar-refractivity contribution in [2.75, 3.05) is 59.5 Å². The van der Waals surface area contributed by atoms with E-state index in [1.807, 2.05) is 0 Å². The van der Waals surface area contributed by atoms with Crippen LogP contribution in [0.1, 0.15) is 19.3 Å². The summed E-state index contributed by atoms with van der Waals surface area (Å²) in [6.07, 6.45) is 4.37. The second kappa shape index (κ2) is 12.4. The highest BCUT2D eigenvalue weighted by Gasteiger charge is 2.34. The van der Waals surface area contributed by atoms with Crippen molar-refractivity contribution in [1.29, 1.82) is 0 Å². The zero-order valence-electron chi connectivity index (χ0n) is 18.7. The molecule has 0 amide bonds. The third-order valence-electron chi connectivity index (χ3n) is 6.34. The molecule has 3 atom stereocenters. The minimum Gasteiger partial charge on any atom is -0.379 e. The molecule has 0 N–H and O–H groups in total. The van der Waals surface area contributed by atoms with Crippen molar-refractivity contribution in [2.24, 2.45) is 0 Å². The first-order valence-electron chi connectivity index (χ1n) is 12.0. The normalized spacial score (nSPS) is 25.9. The van der Waals surface area contributed by atoms with Gasteiger partial charge in [-0.15, -0.1) is 0 Å². The molecule has 31 heavy (non-hydrogen) atoms. The maximum Gasteiger partial charge on any atom is 0.104 e. The van der Waals surface area contributed by atoms with Crippen LogP contribution in [0.2, 0.25) is 18.1 Å². The molecule has 3 fully saturated rings. The van der Waals surface area contributed by atoms with Gasteiger partial charge in [0.05, 0.1) is 47.7 Å². The van der Waals surface area contributed by atoms with Gasteiger partial charge in [0.25, 0.3) is 0 Å². The Morgan fingerprint density at radius 1 is 0.645 bits per heavy atom. The molecule has 7 heteroatoms. The third kappa shape index (κ3) is 8.92. The van der Waals surface area contributed by atoms with Crippen molar-refractivity contribution in [3.8, 4) is 0 Å². The molecule has 0 aliphatic carbocycles. The highest BCUT2D eigenvalue weighted by Crippen LogP contribution is 2.27. The van der Waals surface area contributed by atoms with Crippen LogP contribution in [-0.2, 0) is 28.4 Å². The van der Waals surface area contributed by atoms with Gasteiger partial charge in [0.15, 0.2) is 0 Å². The topological polar surface area (TPSA) is 65.3 Å². The number of rotatable bonds is 19. The molecular formula is C24H38O6Si. The van der Waals surface area contributed by atoms with Gasteiger partial charge in [0.2, 0.25) is 0 Å². The third-order valence-corrected chi connectivity index (χ3v) is 11.8. The number of epoxide rings is 3. The molecule has 3 heterocycles. The average molecular weight is 451 g/mol. The van der Waals surface area contributed by atoms with Crippen molar-refractivity contribution < 1.29 is 28.4 Å². The SMILES string of the molecule is c1ccc([Si](CCCOCC2CO2)(CCCOCC2CO2)CCCOCC2CO2)cc1. The number of ether oxygens (including phenoxy) is 6. The summed E-state index contributed by atoms with van der Waals surface area (Å²) in [6.45, 7) is 7.29. The Labute approximate surface area is 187 Å². The Hall–Kier alpha value is -0.803. The fourth-order valence-electron chi connectivity index (χ4n) is 4.27. The van der Waals surface area contributed by atoms with E-state index in [0.717, 1.165) is 78.7 Å². The summed E-state index contributed by atoms with van der Waals surface area (Å²) in [5.74, 6) is 0. The highest BCUT2D eigenvalue weighted by atomic mass is 28.3. The van der Waals surface area contributed by atoms with E-state index in [-0.39, 0.29) is 0 Å². The summed E-state index contributed by atoms with van der Waals surface area (Å²) in [6, 6.07) is 15.0. The van der Waals surface area contributed by atoms with E-state index in [1.54, 1.807) is 5.19 Å².